The second-order valence-corrected chi connectivity index (χ2v) is 7.46. The van der Waals surface area contributed by atoms with Crippen molar-refractivity contribution in [3.05, 3.63) is 40.7 Å². The van der Waals surface area contributed by atoms with Gasteiger partial charge in [0.15, 0.2) is 0 Å². The number of rotatable bonds is 5. The molecule has 2 aromatic rings. The van der Waals surface area contributed by atoms with Gasteiger partial charge in [-0.2, -0.15) is 23.1 Å². The number of alkyl halides is 3. The van der Waals surface area contributed by atoms with E-state index in [1.807, 2.05) is 4.90 Å². The van der Waals surface area contributed by atoms with Crippen molar-refractivity contribution >= 4 is 41.0 Å². The number of carbonyl (C=O) groups is 1. The number of anilines is 3. The summed E-state index contributed by atoms with van der Waals surface area (Å²) < 4.78 is 44.2. The molecule has 0 saturated carbocycles. The maximum Gasteiger partial charge on any atom is 0.416 e. The Kier molecular flexibility index (Phi) is 5.71. The van der Waals surface area contributed by atoms with Gasteiger partial charge in [0.2, 0.25) is 11.2 Å². The summed E-state index contributed by atoms with van der Waals surface area (Å²) in [5.74, 6) is 0.424. The molecule has 31 heavy (non-hydrogen) atoms. The lowest BCUT2D eigenvalue weighted by Crippen LogP contribution is -2.63. The van der Waals surface area contributed by atoms with Crippen molar-refractivity contribution in [1.29, 1.82) is 5.41 Å². The van der Waals surface area contributed by atoms with Crippen LogP contribution in [0.25, 0.3) is 0 Å². The molecule has 8 nitrogen and oxygen atoms in total. The average molecular weight is 455 g/mol. The van der Waals surface area contributed by atoms with Crippen LogP contribution in [-0.2, 0) is 15.7 Å². The maximum absolute atomic E-state index is 13.0. The number of aromatic nitrogens is 2. The Morgan fingerprint density at radius 1 is 1.29 bits per heavy atom. The molecule has 0 spiro atoms. The lowest BCUT2D eigenvalue weighted by atomic mass is 10.1. The van der Waals surface area contributed by atoms with Crippen LogP contribution in [0, 0.1) is 5.41 Å². The zero-order valence-electron chi connectivity index (χ0n) is 16.1. The largest absolute Gasteiger partial charge is 0.416 e. The van der Waals surface area contributed by atoms with Crippen molar-refractivity contribution in [3.8, 4) is 0 Å². The second-order valence-electron chi connectivity index (χ2n) is 7.12. The Morgan fingerprint density at radius 2 is 2.06 bits per heavy atom. The van der Waals surface area contributed by atoms with Crippen LogP contribution in [0.2, 0.25) is 5.28 Å². The molecule has 4 rings (SSSR count). The predicted molar refractivity (Wildman–Crippen MR) is 108 cm³/mol. The first-order valence-electron chi connectivity index (χ1n) is 9.40. The lowest BCUT2D eigenvalue weighted by Gasteiger charge is -2.47. The SMILES string of the molecule is N=Cc1c(Nc2cccc(C(F)(F)F)c2)nc(Cl)nc1N1CC(N2CCOCC2=O)C1. The highest BCUT2D eigenvalue weighted by Gasteiger charge is 2.38. The molecule has 0 radical (unpaired) electrons. The Bertz CT molecular complexity index is 1010. The zero-order chi connectivity index (χ0) is 22.2. The summed E-state index contributed by atoms with van der Waals surface area (Å²) in [6.45, 7) is 2.04. The van der Waals surface area contributed by atoms with E-state index in [1.54, 1.807) is 4.90 Å². The van der Waals surface area contributed by atoms with Gasteiger partial charge in [0.25, 0.3) is 0 Å². The fraction of sp³-hybridized carbons (Fsp3) is 0.368. The highest BCUT2D eigenvalue weighted by molar-refractivity contribution is 6.28. The van der Waals surface area contributed by atoms with E-state index in [9.17, 15) is 18.0 Å². The first-order valence-corrected chi connectivity index (χ1v) is 9.78. The molecule has 3 heterocycles. The van der Waals surface area contributed by atoms with E-state index in [4.69, 9.17) is 21.7 Å². The molecule has 0 bridgehead atoms. The smallest absolute Gasteiger partial charge is 0.370 e. The summed E-state index contributed by atoms with van der Waals surface area (Å²) in [5, 5.41) is 10.5. The molecule has 0 unspecified atom stereocenters. The van der Waals surface area contributed by atoms with Gasteiger partial charge in [0.05, 0.1) is 23.8 Å². The van der Waals surface area contributed by atoms with Crippen LogP contribution in [0.15, 0.2) is 24.3 Å². The molecule has 1 aromatic carbocycles. The van der Waals surface area contributed by atoms with Crippen molar-refractivity contribution in [3.63, 3.8) is 0 Å². The van der Waals surface area contributed by atoms with Gasteiger partial charge in [-0.1, -0.05) is 6.07 Å². The summed E-state index contributed by atoms with van der Waals surface area (Å²) >= 11 is 6.06. The van der Waals surface area contributed by atoms with Crippen molar-refractivity contribution < 1.29 is 22.7 Å². The normalized spacial score (nSPS) is 17.5. The van der Waals surface area contributed by atoms with Gasteiger partial charge in [-0.15, -0.1) is 0 Å². The molecule has 2 N–H and O–H groups in total. The van der Waals surface area contributed by atoms with Crippen LogP contribution < -0.4 is 10.2 Å². The molecule has 2 aliphatic heterocycles. The Balaban J connectivity index is 1.56. The van der Waals surface area contributed by atoms with Crippen LogP contribution in [-0.4, -0.2) is 65.9 Å². The van der Waals surface area contributed by atoms with Crippen LogP contribution >= 0.6 is 11.6 Å². The monoisotopic (exact) mass is 454 g/mol. The van der Waals surface area contributed by atoms with Gasteiger partial charge in [-0.3, -0.25) is 4.79 Å². The Morgan fingerprint density at radius 3 is 2.74 bits per heavy atom. The third kappa shape index (κ3) is 4.42. The Labute approximate surface area is 180 Å². The highest BCUT2D eigenvalue weighted by atomic mass is 35.5. The summed E-state index contributed by atoms with van der Waals surface area (Å²) in [7, 11) is 0. The Hall–Kier alpha value is -2.92. The molecular weight excluding hydrogens is 437 g/mol. The third-order valence-electron chi connectivity index (χ3n) is 5.12. The summed E-state index contributed by atoms with van der Waals surface area (Å²) in [5.41, 5.74) is -0.373. The number of benzene rings is 1. The van der Waals surface area contributed by atoms with E-state index < -0.39 is 11.7 Å². The van der Waals surface area contributed by atoms with Gasteiger partial charge in [-0.05, 0) is 29.8 Å². The molecule has 1 amide bonds. The standard InChI is InChI=1S/C19H18ClF3N6O2/c20-18-26-16(25-12-3-1-2-11(6-12)19(21,22)23)14(7-24)17(27-18)28-8-13(9-28)29-4-5-31-10-15(29)30/h1-3,6-7,13,24H,4-5,8-10H2,(H,25,26,27). The number of nitrogens with one attached hydrogen (secondary N) is 2. The molecule has 0 atom stereocenters. The first kappa shape index (κ1) is 21.3. The fourth-order valence-corrected chi connectivity index (χ4v) is 3.72. The van der Waals surface area contributed by atoms with Gasteiger partial charge >= 0.3 is 6.18 Å². The predicted octanol–water partition coefficient (Wildman–Crippen LogP) is 2.94. The van der Waals surface area contributed by atoms with Crippen LogP contribution in [0.3, 0.4) is 0 Å². The van der Waals surface area contributed by atoms with Crippen LogP contribution in [0.4, 0.5) is 30.5 Å². The molecule has 0 aliphatic carbocycles. The van der Waals surface area contributed by atoms with E-state index in [2.05, 4.69) is 15.3 Å². The van der Waals surface area contributed by atoms with Gasteiger partial charge in [-0.25, -0.2) is 0 Å². The molecule has 2 aliphatic rings. The van der Waals surface area contributed by atoms with Crippen LogP contribution in [0.5, 0.6) is 0 Å². The van der Waals surface area contributed by atoms with E-state index in [1.165, 1.54) is 12.1 Å². The van der Waals surface area contributed by atoms with E-state index in [0.717, 1.165) is 18.3 Å². The van der Waals surface area contributed by atoms with Crippen molar-refractivity contribution in [1.82, 2.24) is 14.9 Å². The first-order chi connectivity index (χ1) is 14.8. The number of hydrogen-bond donors (Lipinski definition) is 2. The van der Waals surface area contributed by atoms with Crippen molar-refractivity contribution in [2.75, 3.05) is 43.1 Å². The minimum absolute atomic E-state index is 0.0106. The quantitative estimate of drug-likeness (QED) is 0.533. The minimum atomic E-state index is -4.49. The molecule has 1 aromatic heterocycles. The average Bonchev–Trinajstić information content (AvgIpc) is 2.68. The maximum atomic E-state index is 13.0. The van der Waals surface area contributed by atoms with Crippen LogP contribution in [0.1, 0.15) is 11.1 Å². The molecule has 2 saturated heterocycles. The van der Waals surface area contributed by atoms with E-state index in [0.29, 0.717) is 32.1 Å². The van der Waals surface area contributed by atoms with E-state index >= 15 is 0 Å². The number of morpholine rings is 1. The zero-order valence-corrected chi connectivity index (χ0v) is 16.9. The topological polar surface area (TPSA) is 94.4 Å². The summed E-state index contributed by atoms with van der Waals surface area (Å²) in [6, 6.07) is 4.64. The molecule has 164 valence electrons. The molecule has 12 heteroatoms. The second kappa shape index (κ2) is 8.31. The number of carbonyl (C=O) groups excluding carboxylic acids is 1. The summed E-state index contributed by atoms with van der Waals surface area (Å²) in [6.07, 6.45) is -3.46. The number of hydrogen-bond acceptors (Lipinski definition) is 7. The van der Waals surface area contributed by atoms with Gasteiger partial charge in [0, 0.05) is 31.5 Å². The van der Waals surface area contributed by atoms with Crippen molar-refractivity contribution in [2.24, 2.45) is 0 Å². The minimum Gasteiger partial charge on any atom is -0.370 e. The third-order valence-corrected chi connectivity index (χ3v) is 5.29. The van der Waals surface area contributed by atoms with E-state index in [-0.39, 0.29) is 40.9 Å². The number of amides is 1. The summed E-state index contributed by atoms with van der Waals surface area (Å²) in [4.78, 5) is 23.9. The fourth-order valence-electron chi connectivity index (χ4n) is 3.55. The molecule has 2 fully saturated rings. The highest BCUT2D eigenvalue weighted by Crippen LogP contribution is 2.34. The number of ether oxygens (including phenoxy) is 1. The van der Waals surface area contributed by atoms with Gasteiger partial charge < -0.3 is 25.3 Å². The molecular formula is C19H18ClF3N6O2. The number of nitrogens with zero attached hydrogens (tertiary/aromatic N) is 4. The number of halogens is 4. The lowest BCUT2D eigenvalue weighted by molar-refractivity contribution is -0.146. The van der Waals surface area contributed by atoms with Gasteiger partial charge in [0.1, 0.15) is 18.2 Å². The van der Waals surface area contributed by atoms with Crippen molar-refractivity contribution in [2.45, 2.75) is 12.2 Å².